The fourth-order valence-corrected chi connectivity index (χ4v) is 1.69. The van der Waals surface area contributed by atoms with Crippen molar-refractivity contribution < 1.29 is 24.6 Å². The molecule has 1 aliphatic heterocycles. The Morgan fingerprint density at radius 2 is 2.12 bits per heavy atom. The summed E-state index contributed by atoms with van der Waals surface area (Å²) in [4.78, 5) is 0. The minimum atomic E-state index is -1.74. The molecule has 86 valence electrons. The second-order valence-electron chi connectivity index (χ2n) is 3.43. The maximum atomic E-state index is 9.65. The number of rotatable bonds is 3. The van der Waals surface area contributed by atoms with Crippen LogP contribution in [0.1, 0.15) is 11.7 Å². The normalized spacial score (nSPS) is 15.0. The Morgan fingerprint density at radius 1 is 1.38 bits per heavy atom. The first-order valence-corrected chi connectivity index (χ1v) is 4.81. The van der Waals surface area contributed by atoms with Gasteiger partial charge in [-0.3, -0.25) is 0 Å². The number of benzene rings is 1. The molecule has 0 fully saturated rings. The molecule has 1 aliphatic rings. The van der Waals surface area contributed by atoms with Gasteiger partial charge in [-0.15, -0.1) is 0 Å². The van der Waals surface area contributed by atoms with E-state index in [1.54, 1.807) is 12.1 Å². The Kier molecular flexibility index (Phi) is 3.02. The van der Waals surface area contributed by atoms with E-state index >= 15 is 0 Å². The lowest BCUT2D eigenvalue weighted by atomic mass is 9.74. The lowest BCUT2D eigenvalue weighted by Gasteiger charge is -2.15. The minimum Gasteiger partial charge on any atom is -0.454 e. The third-order valence-corrected chi connectivity index (χ3v) is 2.45. The van der Waals surface area contributed by atoms with Crippen LogP contribution >= 0.6 is 0 Å². The SMILES string of the molecule is NCC(O)c1ccc2c(c1B(O)O)OCO2. The molecule has 1 unspecified atom stereocenters. The van der Waals surface area contributed by atoms with E-state index in [2.05, 4.69) is 0 Å². The Hall–Kier alpha value is -1.28. The molecule has 7 heteroatoms. The summed E-state index contributed by atoms with van der Waals surface area (Å²) >= 11 is 0. The van der Waals surface area contributed by atoms with E-state index in [9.17, 15) is 15.2 Å². The van der Waals surface area contributed by atoms with Gasteiger partial charge in [-0.1, -0.05) is 6.07 Å². The Morgan fingerprint density at radius 3 is 2.75 bits per heavy atom. The molecule has 5 N–H and O–H groups in total. The van der Waals surface area contributed by atoms with Gasteiger partial charge in [0.2, 0.25) is 6.79 Å². The van der Waals surface area contributed by atoms with Gasteiger partial charge in [0.1, 0.15) is 0 Å². The zero-order chi connectivity index (χ0) is 11.7. The van der Waals surface area contributed by atoms with Crippen LogP contribution in [0.25, 0.3) is 0 Å². The lowest BCUT2D eigenvalue weighted by molar-refractivity contribution is 0.173. The summed E-state index contributed by atoms with van der Waals surface area (Å²) in [5.74, 6) is 0.677. The fourth-order valence-electron chi connectivity index (χ4n) is 1.69. The van der Waals surface area contributed by atoms with Crippen LogP contribution in [0.3, 0.4) is 0 Å². The zero-order valence-electron chi connectivity index (χ0n) is 8.46. The van der Waals surface area contributed by atoms with Gasteiger partial charge < -0.3 is 30.4 Å². The molecule has 0 bridgehead atoms. The predicted octanol–water partition coefficient (Wildman–Crippen LogP) is -1.91. The van der Waals surface area contributed by atoms with Crippen LogP contribution < -0.4 is 20.7 Å². The summed E-state index contributed by atoms with van der Waals surface area (Å²) in [6, 6.07) is 3.14. The van der Waals surface area contributed by atoms with Crippen molar-refractivity contribution in [2.24, 2.45) is 5.73 Å². The first-order chi connectivity index (χ1) is 7.65. The van der Waals surface area contributed by atoms with Crippen LogP contribution in [0.2, 0.25) is 0 Å². The molecule has 16 heavy (non-hydrogen) atoms. The average molecular weight is 225 g/mol. The summed E-state index contributed by atoms with van der Waals surface area (Å²) in [5.41, 5.74) is 5.77. The summed E-state index contributed by atoms with van der Waals surface area (Å²) in [6.07, 6.45) is -0.966. The van der Waals surface area contributed by atoms with Crippen LogP contribution in [-0.2, 0) is 0 Å². The van der Waals surface area contributed by atoms with Gasteiger partial charge in [-0.05, 0) is 11.6 Å². The Bertz CT molecular complexity index is 398. The minimum absolute atomic E-state index is 0.0145. The van der Waals surface area contributed by atoms with Crippen molar-refractivity contribution in [3.05, 3.63) is 17.7 Å². The molecular formula is C9H12BNO5. The van der Waals surface area contributed by atoms with E-state index in [0.29, 0.717) is 11.3 Å². The second-order valence-corrected chi connectivity index (χ2v) is 3.43. The largest absolute Gasteiger partial charge is 0.492 e. The molecule has 0 radical (unpaired) electrons. The molecule has 6 nitrogen and oxygen atoms in total. The maximum Gasteiger partial charge on any atom is 0.492 e. The molecule has 0 spiro atoms. The zero-order valence-corrected chi connectivity index (χ0v) is 8.46. The first kappa shape index (κ1) is 11.2. The fraction of sp³-hybridized carbons (Fsp3) is 0.333. The smallest absolute Gasteiger partial charge is 0.454 e. The summed E-state index contributed by atoms with van der Waals surface area (Å²) in [5, 5.41) is 28.2. The van der Waals surface area contributed by atoms with Gasteiger partial charge >= 0.3 is 7.12 Å². The molecule has 0 aromatic heterocycles. The van der Waals surface area contributed by atoms with Gasteiger partial charge in [0.25, 0.3) is 0 Å². The van der Waals surface area contributed by atoms with E-state index in [-0.39, 0.29) is 24.6 Å². The molecule has 1 aromatic carbocycles. The highest BCUT2D eigenvalue weighted by Gasteiger charge is 2.30. The topological polar surface area (TPSA) is 105 Å². The highest BCUT2D eigenvalue weighted by molar-refractivity contribution is 6.60. The van der Waals surface area contributed by atoms with Crippen molar-refractivity contribution >= 4 is 12.6 Å². The van der Waals surface area contributed by atoms with Crippen molar-refractivity contribution in [2.75, 3.05) is 13.3 Å². The van der Waals surface area contributed by atoms with Crippen LogP contribution in [0.5, 0.6) is 11.5 Å². The average Bonchev–Trinajstić information content (AvgIpc) is 2.73. The molecule has 1 aromatic rings. The highest BCUT2D eigenvalue weighted by atomic mass is 16.7. The van der Waals surface area contributed by atoms with Crippen molar-refractivity contribution in [3.8, 4) is 11.5 Å². The number of ether oxygens (including phenoxy) is 2. The van der Waals surface area contributed by atoms with E-state index in [4.69, 9.17) is 15.2 Å². The number of hydrogen-bond acceptors (Lipinski definition) is 6. The van der Waals surface area contributed by atoms with E-state index in [0.717, 1.165) is 0 Å². The van der Waals surface area contributed by atoms with Gasteiger partial charge in [0, 0.05) is 12.0 Å². The van der Waals surface area contributed by atoms with Crippen LogP contribution in [0.4, 0.5) is 0 Å². The van der Waals surface area contributed by atoms with Gasteiger partial charge in [-0.25, -0.2) is 0 Å². The summed E-state index contributed by atoms with van der Waals surface area (Å²) in [7, 11) is -1.74. The monoisotopic (exact) mass is 225 g/mol. The standard InChI is InChI=1S/C9H12BNO5/c11-3-6(12)5-1-2-7-9(16-4-15-7)8(5)10(13)14/h1-2,6,12-14H,3-4,11H2. The van der Waals surface area contributed by atoms with Gasteiger partial charge in [-0.2, -0.15) is 0 Å². The lowest BCUT2D eigenvalue weighted by Crippen LogP contribution is -2.36. The molecule has 0 amide bonds. The van der Waals surface area contributed by atoms with Crippen LogP contribution in [0, 0.1) is 0 Å². The van der Waals surface area contributed by atoms with Gasteiger partial charge in [0.05, 0.1) is 6.10 Å². The number of nitrogens with two attached hydrogens (primary N) is 1. The molecule has 1 heterocycles. The predicted molar refractivity (Wildman–Crippen MR) is 56.4 cm³/mol. The second kappa shape index (κ2) is 4.30. The number of aliphatic hydroxyl groups is 1. The molecule has 0 aliphatic carbocycles. The Balaban J connectivity index is 2.53. The van der Waals surface area contributed by atoms with E-state index in [1.807, 2.05) is 0 Å². The van der Waals surface area contributed by atoms with E-state index < -0.39 is 13.2 Å². The summed E-state index contributed by atoms with van der Waals surface area (Å²) in [6.45, 7) is 0.0105. The van der Waals surface area contributed by atoms with Gasteiger partial charge in [0.15, 0.2) is 11.5 Å². The van der Waals surface area contributed by atoms with Crippen molar-refractivity contribution in [1.29, 1.82) is 0 Å². The third-order valence-electron chi connectivity index (χ3n) is 2.45. The number of aliphatic hydroxyl groups excluding tert-OH is 1. The van der Waals surface area contributed by atoms with Crippen LogP contribution in [-0.4, -0.2) is 35.6 Å². The van der Waals surface area contributed by atoms with Crippen molar-refractivity contribution in [3.63, 3.8) is 0 Å². The van der Waals surface area contributed by atoms with Crippen LogP contribution in [0.15, 0.2) is 12.1 Å². The third kappa shape index (κ3) is 1.74. The van der Waals surface area contributed by atoms with Crippen molar-refractivity contribution in [1.82, 2.24) is 0 Å². The number of hydrogen-bond donors (Lipinski definition) is 4. The summed E-state index contributed by atoms with van der Waals surface area (Å²) < 4.78 is 10.2. The molecule has 0 saturated heterocycles. The molecule has 1 atom stereocenters. The number of fused-ring (bicyclic) bond motifs is 1. The Labute approximate surface area is 92.4 Å². The van der Waals surface area contributed by atoms with E-state index in [1.165, 1.54) is 0 Å². The molecule has 0 saturated carbocycles. The highest BCUT2D eigenvalue weighted by Crippen LogP contribution is 2.32. The molecule has 2 rings (SSSR count). The quantitative estimate of drug-likeness (QED) is 0.447. The molecular weight excluding hydrogens is 213 g/mol. The first-order valence-electron chi connectivity index (χ1n) is 4.81. The van der Waals surface area contributed by atoms with Crippen molar-refractivity contribution in [2.45, 2.75) is 6.10 Å². The maximum absolute atomic E-state index is 9.65.